The van der Waals surface area contributed by atoms with Crippen molar-refractivity contribution >= 4 is 33.4 Å². The van der Waals surface area contributed by atoms with Crippen molar-refractivity contribution < 1.29 is 23.0 Å². The summed E-state index contributed by atoms with van der Waals surface area (Å²) in [4.78, 5) is 0. The molecule has 0 spiro atoms. The highest BCUT2D eigenvalue weighted by atomic mass is 32.2. The second-order valence-corrected chi connectivity index (χ2v) is 24.9. The van der Waals surface area contributed by atoms with Crippen molar-refractivity contribution in [2.75, 3.05) is 49.4 Å². The molecule has 0 radical (unpaired) electrons. The SMILES string of the molecule is CC(C)(C)CCCSC(C)(C)C.CC(C)(C)CCS(=O)(=O)CCNC(C)(C)C.CC(C)(C)OCC(O)COCCCSC(C)(C)C. The number of aliphatic hydroxyl groups is 1. The van der Waals surface area contributed by atoms with Crippen LogP contribution in [0.25, 0.3) is 0 Å². The number of hydrogen-bond acceptors (Lipinski definition) is 8. The number of thioether (sulfide) groups is 2. The molecule has 0 fully saturated rings. The van der Waals surface area contributed by atoms with Crippen LogP contribution in [0.15, 0.2) is 0 Å². The van der Waals surface area contributed by atoms with E-state index in [1.807, 2.05) is 53.3 Å². The summed E-state index contributed by atoms with van der Waals surface area (Å²) >= 11 is 4.01. The summed E-state index contributed by atoms with van der Waals surface area (Å²) < 4.78 is 35.1. The van der Waals surface area contributed by atoms with Gasteiger partial charge in [-0.1, -0.05) is 83.1 Å². The van der Waals surface area contributed by atoms with Crippen molar-refractivity contribution in [2.45, 2.75) is 177 Å². The lowest BCUT2D eigenvalue weighted by molar-refractivity contribution is -0.0712. The molecule has 2 N–H and O–H groups in total. The molecule has 0 rings (SSSR count). The lowest BCUT2D eigenvalue weighted by Gasteiger charge is -2.22. The molecule has 0 saturated heterocycles. The van der Waals surface area contributed by atoms with Gasteiger partial charge in [-0.25, -0.2) is 8.42 Å². The predicted molar refractivity (Wildman–Crippen MR) is 211 cm³/mol. The van der Waals surface area contributed by atoms with Gasteiger partial charge in [0.1, 0.15) is 6.10 Å². The van der Waals surface area contributed by atoms with E-state index < -0.39 is 15.9 Å². The Morgan fingerprint density at radius 1 is 0.652 bits per heavy atom. The molecule has 1 atom stereocenters. The van der Waals surface area contributed by atoms with E-state index in [2.05, 4.69) is 100 Å². The third kappa shape index (κ3) is 51.3. The summed E-state index contributed by atoms with van der Waals surface area (Å²) in [6.45, 7) is 40.6. The molecule has 0 saturated carbocycles. The molecule has 0 aromatic rings. The zero-order chi connectivity index (χ0) is 37.1. The molecule has 1 unspecified atom stereocenters. The normalized spacial score (nSPS) is 14.2. The third-order valence-corrected chi connectivity index (χ3v) is 10.2. The quantitative estimate of drug-likeness (QED) is 0.153. The minimum Gasteiger partial charge on any atom is -0.388 e. The zero-order valence-corrected chi connectivity index (χ0v) is 36.3. The fourth-order valence-corrected chi connectivity index (χ4v) is 6.60. The lowest BCUT2D eigenvalue weighted by atomic mass is 9.91. The highest BCUT2D eigenvalue weighted by molar-refractivity contribution is 8.00. The van der Waals surface area contributed by atoms with E-state index in [-0.39, 0.29) is 22.3 Å². The largest absolute Gasteiger partial charge is 0.388 e. The van der Waals surface area contributed by atoms with Gasteiger partial charge in [0.25, 0.3) is 0 Å². The molecule has 0 aliphatic carbocycles. The standard InChI is InChI=1S/C14H30O3S.C12H27NO2S.C11H24S/c1-13(2,3)17-11-12(15)10-16-8-7-9-18-14(4,5)6;1-11(2,3)7-9-16(14,15)10-8-13-12(4,5)6;1-10(2,3)8-7-9-12-11(4,5)6/h12,15H,7-11H2,1-6H3;13H,7-10H2,1-6H3;7-9H2,1-6H3. The van der Waals surface area contributed by atoms with Crippen LogP contribution in [0.5, 0.6) is 0 Å². The molecule has 0 aromatic heterocycles. The average Bonchev–Trinajstić information content (AvgIpc) is 2.79. The first kappa shape index (κ1) is 50.9. The maximum absolute atomic E-state index is 11.7. The summed E-state index contributed by atoms with van der Waals surface area (Å²) in [6.07, 6.45) is 3.92. The topological polar surface area (TPSA) is 84.9 Å². The Hall–Kier alpha value is 0.490. The minimum atomic E-state index is -2.90. The Morgan fingerprint density at radius 3 is 1.50 bits per heavy atom. The maximum atomic E-state index is 11.7. The highest BCUT2D eigenvalue weighted by Gasteiger charge is 2.19. The van der Waals surface area contributed by atoms with Crippen LogP contribution in [-0.4, -0.2) is 89.6 Å². The van der Waals surface area contributed by atoms with Gasteiger partial charge in [0.15, 0.2) is 9.84 Å². The molecule has 282 valence electrons. The van der Waals surface area contributed by atoms with Crippen molar-refractivity contribution in [3.05, 3.63) is 0 Å². The van der Waals surface area contributed by atoms with Crippen LogP contribution in [0.2, 0.25) is 0 Å². The summed E-state index contributed by atoms with van der Waals surface area (Å²) in [5, 5.41) is 12.8. The molecule has 0 aliphatic heterocycles. The number of hydrogen-bond donors (Lipinski definition) is 2. The van der Waals surface area contributed by atoms with Crippen LogP contribution in [0, 0.1) is 10.8 Å². The summed E-state index contributed by atoms with van der Waals surface area (Å²) in [5.74, 6) is 2.93. The van der Waals surface area contributed by atoms with E-state index >= 15 is 0 Å². The first-order valence-electron chi connectivity index (χ1n) is 17.4. The van der Waals surface area contributed by atoms with Gasteiger partial charge in [0, 0.05) is 28.2 Å². The van der Waals surface area contributed by atoms with E-state index in [0.717, 1.165) is 18.6 Å². The highest BCUT2D eigenvalue weighted by Crippen LogP contribution is 2.27. The van der Waals surface area contributed by atoms with Gasteiger partial charge in [0.05, 0.1) is 30.3 Å². The van der Waals surface area contributed by atoms with Crippen LogP contribution in [0.1, 0.15) is 150 Å². The second-order valence-electron chi connectivity index (χ2n) is 18.7. The van der Waals surface area contributed by atoms with Gasteiger partial charge >= 0.3 is 0 Å². The first-order valence-corrected chi connectivity index (χ1v) is 21.1. The molecule has 0 aromatic carbocycles. The average molecular weight is 716 g/mol. The van der Waals surface area contributed by atoms with Crippen LogP contribution in [0.4, 0.5) is 0 Å². The fraction of sp³-hybridized carbons (Fsp3) is 1.00. The number of sulfone groups is 1. The van der Waals surface area contributed by atoms with Crippen molar-refractivity contribution in [2.24, 2.45) is 10.8 Å². The molecule has 0 amide bonds. The monoisotopic (exact) mass is 716 g/mol. The van der Waals surface area contributed by atoms with Crippen molar-refractivity contribution in [3.63, 3.8) is 0 Å². The molecule has 0 aliphatic rings. The number of rotatable bonds is 16. The fourth-order valence-electron chi connectivity index (χ4n) is 3.28. The van der Waals surface area contributed by atoms with Gasteiger partial charge in [0.2, 0.25) is 0 Å². The van der Waals surface area contributed by atoms with Crippen molar-refractivity contribution in [3.8, 4) is 0 Å². The number of ether oxygens (including phenoxy) is 2. The van der Waals surface area contributed by atoms with Gasteiger partial charge in [-0.15, -0.1) is 0 Å². The van der Waals surface area contributed by atoms with E-state index in [1.54, 1.807) is 0 Å². The van der Waals surface area contributed by atoms with Crippen molar-refractivity contribution in [1.82, 2.24) is 5.32 Å². The smallest absolute Gasteiger partial charge is 0.151 e. The van der Waals surface area contributed by atoms with Gasteiger partial charge < -0.3 is 19.9 Å². The minimum absolute atomic E-state index is 0.0143. The zero-order valence-electron chi connectivity index (χ0n) is 33.9. The molecule has 46 heavy (non-hydrogen) atoms. The summed E-state index contributed by atoms with van der Waals surface area (Å²) in [5.41, 5.74) is 0.382. The van der Waals surface area contributed by atoms with Gasteiger partial charge in [-0.3, -0.25) is 0 Å². The first-order chi connectivity index (χ1) is 20.2. The summed E-state index contributed by atoms with van der Waals surface area (Å²) in [7, 11) is -2.90. The molecular weight excluding hydrogens is 635 g/mol. The van der Waals surface area contributed by atoms with Crippen LogP contribution >= 0.6 is 23.5 Å². The predicted octanol–water partition coefficient (Wildman–Crippen LogP) is 9.67. The number of aliphatic hydroxyl groups excluding tert-OH is 1. The maximum Gasteiger partial charge on any atom is 0.151 e. The lowest BCUT2D eigenvalue weighted by Crippen LogP contribution is -2.39. The number of nitrogens with one attached hydrogen (secondary N) is 1. The van der Waals surface area contributed by atoms with Crippen molar-refractivity contribution in [1.29, 1.82) is 0 Å². The Kier molecular flexibility index (Phi) is 25.5. The van der Waals surface area contributed by atoms with Gasteiger partial charge in [-0.2, -0.15) is 23.5 Å². The Morgan fingerprint density at radius 2 is 1.11 bits per heavy atom. The van der Waals surface area contributed by atoms with E-state index in [0.29, 0.717) is 47.0 Å². The molecule has 0 bridgehead atoms. The second kappa shape index (κ2) is 23.1. The van der Waals surface area contributed by atoms with Crippen LogP contribution in [-0.2, 0) is 19.3 Å². The van der Waals surface area contributed by atoms with E-state index in [1.165, 1.54) is 18.6 Å². The van der Waals surface area contributed by atoms with Gasteiger partial charge in [-0.05, 0) is 89.6 Å². The Bertz CT molecular complexity index is 819. The molecular formula is C37H81NO5S3. The molecule has 9 heteroatoms. The van der Waals surface area contributed by atoms with E-state index in [4.69, 9.17) is 9.47 Å². The molecule has 6 nitrogen and oxygen atoms in total. The molecule has 0 heterocycles. The van der Waals surface area contributed by atoms with Crippen LogP contribution in [0.3, 0.4) is 0 Å². The summed E-state index contributed by atoms with van der Waals surface area (Å²) in [6, 6.07) is 0. The Balaban J connectivity index is -0.000000615. The van der Waals surface area contributed by atoms with Crippen LogP contribution < -0.4 is 5.32 Å². The van der Waals surface area contributed by atoms with E-state index in [9.17, 15) is 13.5 Å². The third-order valence-electron chi connectivity index (χ3n) is 5.82. The Labute approximate surface area is 297 Å².